The number of thiophene rings is 1. The summed E-state index contributed by atoms with van der Waals surface area (Å²) in [5.41, 5.74) is 12.3. The zero-order chi connectivity index (χ0) is 36.3. The van der Waals surface area contributed by atoms with Gasteiger partial charge in [0.15, 0.2) is 0 Å². The summed E-state index contributed by atoms with van der Waals surface area (Å²) in [5, 5.41) is 7.06. The lowest BCUT2D eigenvalue weighted by Gasteiger charge is -2.27. The first-order valence-electron chi connectivity index (χ1n) is 18.7. The highest BCUT2D eigenvalue weighted by Crippen LogP contribution is 2.50. The molecule has 0 unspecified atom stereocenters. The second kappa shape index (κ2) is 12.9. The fraction of sp³-hybridized carbons (Fsp3) is 0. The predicted octanol–water partition coefficient (Wildman–Crippen LogP) is 15.6. The quantitative estimate of drug-likeness (QED) is 0.170. The van der Waals surface area contributed by atoms with Gasteiger partial charge in [-0.1, -0.05) is 152 Å². The lowest BCUT2D eigenvalue weighted by Crippen LogP contribution is -2.10. The van der Waals surface area contributed by atoms with Crippen molar-refractivity contribution in [2.24, 2.45) is 0 Å². The largest absolute Gasteiger partial charge is 0.455 e. The molecule has 0 spiro atoms. The topological polar surface area (TPSA) is 16.4 Å². The van der Waals surface area contributed by atoms with Crippen LogP contribution in [0.3, 0.4) is 0 Å². The van der Waals surface area contributed by atoms with E-state index in [2.05, 4.69) is 205 Å². The minimum Gasteiger partial charge on any atom is -0.455 e. The van der Waals surface area contributed by atoms with E-state index in [4.69, 9.17) is 4.42 Å². The molecule has 11 rings (SSSR count). The van der Waals surface area contributed by atoms with Gasteiger partial charge in [0.2, 0.25) is 0 Å². The summed E-state index contributed by atoms with van der Waals surface area (Å²) in [4.78, 5) is 2.42. The number of anilines is 3. The average Bonchev–Trinajstić information content (AvgIpc) is 3.83. The Balaban J connectivity index is 1.17. The molecule has 2 nitrogen and oxygen atoms in total. The van der Waals surface area contributed by atoms with E-state index < -0.39 is 0 Å². The Morgan fingerprint density at radius 1 is 0.400 bits per heavy atom. The number of benzene rings is 9. The van der Waals surface area contributed by atoms with Crippen molar-refractivity contribution >= 4 is 81.3 Å². The van der Waals surface area contributed by atoms with Crippen LogP contribution in [0.25, 0.3) is 86.3 Å². The Hall–Kier alpha value is -6.94. The van der Waals surface area contributed by atoms with E-state index in [1.54, 1.807) is 0 Å². The van der Waals surface area contributed by atoms with E-state index in [0.717, 1.165) is 44.4 Å². The van der Waals surface area contributed by atoms with Crippen molar-refractivity contribution in [2.75, 3.05) is 4.90 Å². The fourth-order valence-electron chi connectivity index (χ4n) is 8.20. The third-order valence-corrected chi connectivity index (χ3v) is 12.1. The zero-order valence-electron chi connectivity index (χ0n) is 29.8. The van der Waals surface area contributed by atoms with Crippen molar-refractivity contribution in [3.05, 3.63) is 200 Å². The van der Waals surface area contributed by atoms with Gasteiger partial charge in [-0.15, -0.1) is 11.3 Å². The van der Waals surface area contributed by atoms with Gasteiger partial charge in [-0.05, 0) is 92.7 Å². The van der Waals surface area contributed by atoms with Crippen molar-refractivity contribution < 1.29 is 4.42 Å². The van der Waals surface area contributed by atoms with Gasteiger partial charge in [0.05, 0.1) is 10.4 Å². The molecule has 258 valence electrons. The smallest absolute Gasteiger partial charge is 0.144 e. The van der Waals surface area contributed by atoms with Crippen molar-refractivity contribution in [3.8, 4) is 33.4 Å². The third-order valence-electron chi connectivity index (χ3n) is 10.9. The summed E-state index contributed by atoms with van der Waals surface area (Å²) >= 11 is 1.83. The molecule has 0 radical (unpaired) electrons. The Morgan fingerprint density at radius 2 is 0.964 bits per heavy atom. The molecule has 0 saturated heterocycles. The zero-order valence-corrected chi connectivity index (χ0v) is 30.6. The minimum absolute atomic E-state index is 0.888. The molecule has 2 aromatic heterocycles. The van der Waals surface area contributed by atoms with Crippen LogP contribution in [-0.4, -0.2) is 0 Å². The summed E-state index contributed by atoms with van der Waals surface area (Å²) in [5.74, 6) is 0. The number of hydrogen-bond donors (Lipinski definition) is 0. The van der Waals surface area contributed by atoms with Crippen LogP contribution < -0.4 is 4.90 Å². The van der Waals surface area contributed by atoms with Crippen molar-refractivity contribution in [1.82, 2.24) is 0 Å². The number of nitrogens with zero attached hydrogens (tertiary/aromatic N) is 1. The van der Waals surface area contributed by atoms with Crippen LogP contribution in [0.15, 0.2) is 205 Å². The molecule has 11 aromatic rings. The summed E-state index contributed by atoms with van der Waals surface area (Å²) in [6.07, 6.45) is 0. The monoisotopic (exact) mass is 719 g/mol. The van der Waals surface area contributed by atoms with Crippen LogP contribution in [0.5, 0.6) is 0 Å². The van der Waals surface area contributed by atoms with Crippen LogP contribution >= 0.6 is 11.3 Å². The van der Waals surface area contributed by atoms with Gasteiger partial charge in [-0.2, -0.15) is 0 Å². The second-order valence-corrected chi connectivity index (χ2v) is 15.1. The molecule has 0 aliphatic heterocycles. The maximum Gasteiger partial charge on any atom is 0.144 e. The Morgan fingerprint density at radius 3 is 1.65 bits per heavy atom. The minimum atomic E-state index is 0.888. The second-order valence-electron chi connectivity index (χ2n) is 14.1. The van der Waals surface area contributed by atoms with Gasteiger partial charge in [0, 0.05) is 37.6 Å². The molecule has 55 heavy (non-hydrogen) atoms. The first kappa shape index (κ1) is 31.6. The van der Waals surface area contributed by atoms with Crippen LogP contribution in [0.4, 0.5) is 17.1 Å². The number of rotatable bonds is 6. The molecule has 2 heterocycles. The van der Waals surface area contributed by atoms with E-state index in [1.807, 2.05) is 11.3 Å². The van der Waals surface area contributed by atoms with E-state index in [0.29, 0.717) is 0 Å². The normalized spacial score (nSPS) is 11.6. The highest BCUT2D eigenvalue weighted by atomic mass is 32.1. The maximum absolute atomic E-state index is 6.87. The van der Waals surface area contributed by atoms with Crippen LogP contribution in [-0.2, 0) is 0 Å². The maximum atomic E-state index is 6.87. The highest BCUT2D eigenvalue weighted by molar-refractivity contribution is 7.26. The highest BCUT2D eigenvalue weighted by Gasteiger charge is 2.24. The molecular formula is C52H33NOS. The van der Waals surface area contributed by atoms with Crippen LogP contribution in [0.2, 0.25) is 0 Å². The SMILES string of the molecule is c1ccc(-c2ccc(N(c3ccc(-c4ccccc4)cc3)c3cc4c5cc(-c6cccc7ccccc67)ccc5oc4c4c3sc3ccccc34)cc2)cc1. The van der Waals surface area contributed by atoms with Gasteiger partial charge in [-0.25, -0.2) is 0 Å². The average molecular weight is 720 g/mol. The summed E-state index contributed by atoms with van der Waals surface area (Å²) in [7, 11) is 0. The number of furan rings is 1. The Kier molecular flexibility index (Phi) is 7.39. The first-order chi connectivity index (χ1) is 27.3. The third kappa shape index (κ3) is 5.32. The Bertz CT molecular complexity index is 3090. The molecule has 0 amide bonds. The van der Waals surface area contributed by atoms with Crippen molar-refractivity contribution in [3.63, 3.8) is 0 Å². The molecular weight excluding hydrogens is 687 g/mol. The molecule has 0 atom stereocenters. The molecule has 9 aromatic carbocycles. The van der Waals surface area contributed by atoms with E-state index in [-0.39, 0.29) is 0 Å². The van der Waals surface area contributed by atoms with Gasteiger partial charge in [0.1, 0.15) is 11.2 Å². The summed E-state index contributed by atoms with van der Waals surface area (Å²) in [6, 6.07) is 72.1. The van der Waals surface area contributed by atoms with Crippen molar-refractivity contribution in [1.29, 1.82) is 0 Å². The van der Waals surface area contributed by atoms with Gasteiger partial charge in [-0.3, -0.25) is 0 Å². The first-order valence-corrected chi connectivity index (χ1v) is 19.5. The summed E-state index contributed by atoms with van der Waals surface area (Å²) < 4.78 is 9.31. The molecule has 0 bridgehead atoms. The van der Waals surface area contributed by atoms with Gasteiger partial charge in [0.25, 0.3) is 0 Å². The lowest BCUT2D eigenvalue weighted by atomic mass is 9.96. The molecule has 0 fully saturated rings. The van der Waals surface area contributed by atoms with Crippen molar-refractivity contribution in [2.45, 2.75) is 0 Å². The molecule has 0 aliphatic carbocycles. The van der Waals surface area contributed by atoms with Crippen LogP contribution in [0.1, 0.15) is 0 Å². The number of hydrogen-bond acceptors (Lipinski definition) is 3. The molecule has 3 heteroatoms. The fourth-order valence-corrected chi connectivity index (χ4v) is 9.41. The molecule has 0 saturated carbocycles. The molecule has 0 aliphatic rings. The van der Waals surface area contributed by atoms with E-state index in [9.17, 15) is 0 Å². The standard InChI is InChI=1S/C52H33NOS/c1-3-12-34(13-4-1)36-22-27-40(28-23-36)53(41-29-24-37(25-30-41)35-14-5-2-6-15-35)47-33-46-45-32-39(43-20-11-17-38-16-7-8-18-42(38)43)26-31-48(45)54-51(46)50-44-19-9-10-21-49(44)55-52(47)50/h1-33H. The Labute approximate surface area is 322 Å². The predicted molar refractivity (Wildman–Crippen MR) is 235 cm³/mol. The number of fused-ring (bicyclic) bond motifs is 8. The molecule has 0 N–H and O–H groups in total. The van der Waals surface area contributed by atoms with Gasteiger partial charge < -0.3 is 9.32 Å². The van der Waals surface area contributed by atoms with E-state index >= 15 is 0 Å². The van der Waals surface area contributed by atoms with E-state index in [1.165, 1.54) is 58.9 Å². The lowest BCUT2D eigenvalue weighted by molar-refractivity contribution is 0.673. The summed E-state index contributed by atoms with van der Waals surface area (Å²) in [6.45, 7) is 0. The van der Waals surface area contributed by atoms with Gasteiger partial charge >= 0.3 is 0 Å². The van der Waals surface area contributed by atoms with Crippen LogP contribution in [0, 0.1) is 0 Å².